The van der Waals surface area contributed by atoms with Crippen molar-refractivity contribution in [3.8, 4) is 0 Å². The van der Waals surface area contributed by atoms with Crippen molar-refractivity contribution >= 4 is 5.91 Å². The number of hydrogen-bond acceptors (Lipinski definition) is 5. The van der Waals surface area contributed by atoms with E-state index in [2.05, 4.69) is 4.98 Å². The summed E-state index contributed by atoms with van der Waals surface area (Å²) in [6, 6.07) is 9.79. The molecule has 1 aliphatic heterocycles. The summed E-state index contributed by atoms with van der Waals surface area (Å²) in [6.45, 7) is 1.11. The van der Waals surface area contributed by atoms with Crippen LogP contribution in [0.3, 0.4) is 0 Å². The zero-order valence-corrected chi connectivity index (χ0v) is 14.1. The van der Waals surface area contributed by atoms with Gasteiger partial charge < -0.3 is 20.2 Å². The number of nitrogens with zero attached hydrogens (tertiary/aromatic N) is 2. The van der Waals surface area contributed by atoms with E-state index in [0.717, 1.165) is 17.0 Å². The third-order valence-corrected chi connectivity index (χ3v) is 5.21. The number of oxazole rings is 1. The number of nitrogens with two attached hydrogens (primary N) is 1. The van der Waals surface area contributed by atoms with E-state index in [1.807, 2.05) is 35.2 Å². The largest absolute Gasteiger partial charge is 0.445 e. The van der Waals surface area contributed by atoms with Crippen molar-refractivity contribution in [2.45, 2.75) is 44.4 Å². The Morgan fingerprint density at radius 2 is 2.12 bits per heavy atom. The van der Waals surface area contributed by atoms with Gasteiger partial charge in [-0.15, -0.1) is 0 Å². The van der Waals surface area contributed by atoms with E-state index >= 15 is 0 Å². The van der Waals surface area contributed by atoms with Crippen LogP contribution in [0.2, 0.25) is 0 Å². The topological polar surface area (TPSA) is 92.6 Å². The van der Waals surface area contributed by atoms with Crippen molar-refractivity contribution in [3.63, 3.8) is 0 Å². The Hall–Kier alpha value is -2.18. The third-order valence-electron chi connectivity index (χ3n) is 5.21. The number of aliphatic hydroxyl groups is 1. The molecule has 0 radical (unpaired) electrons. The smallest absolute Gasteiger partial charge is 0.226 e. The Kier molecular flexibility index (Phi) is 4.31. The maximum Gasteiger partial charge on any atom is 0.226 e. The summed E-state index contributed by atoms with van der Waals surface area (Å²) < 4.78 is 5.89. The normalized spacial score (nSPS) is 25.8. The van der Waals surface area contributed by atoms with Gasteiger partial charge in [-0.25, -0.2) is 4.98 Å². The number of benzene rings is 1. The van der Waals surface area contributed by atoms with Crippen LogP contribution in [-0.2, 0) is 24.2 Å². The number of hydrogen-bond donors (Lipinski definition) is 2. The highest BCUT2D eigenvalue weighted by Gasteiger charge is 2.38. The molecular formula is C19H23N3O3. The first-order chi connectivity index (χ1) is 12.1. The Balaban J connectivity index is 1.44. The van der Waals surface area contributed by atoms with E-state index in [9.17, 15) is 9.90 Å². The lowest BCUT2D eigenvalue weighted by molar-refractivity contribution is -0.136. The molecule has 6 heteroatoms. The SMILES string of the molecule is N[C@H]1C[C@H](C(=O)N2CCc3oc(Cc4ccccc4)nc3C2)C[C@@H]1O. The average Bonchev–Trinajstić information content (AvgIpc) is 3.17. The molecule has 132 valence electrons. The summed E-state index contributed by atoms with van der Waals surface area (Å²) in [6.07, 6.45) is 1.79. The molecular weight excluding hydrogens is 318 g/mol. The van der Waals surface area contributed by atoms with Crippen LogP contribution < -0.4 is 5.73 Å². The lowest BCUT2D eigenvalue weighted by Gasteiger charge is -2.27. The van der Waals surface area contributed by atoms with Gasteiger partial charge in [0, 0.05) is 31.3 Å². The van der Waals surface area contributed by atoms with Crippen LogP contribution in [0.5, 0.6) is 0 Å². The summed E-state index contributed by atoms with van der Waals surface area (Å²) in [5, 5.41) is 9.79. The van der Waals surface area contributed by atoms with E-state index in [1.54, 1.807) is 0 Å². The van der Waals surface area contributed by atoms with Gasteiger partial charge in [-0.2, -0.15) is 0 Å². The van der Waals surface area contributed by atoms with Gasteiger partial charge in [0.25, 0.3) is 0 Å². The van der Waals surface area contributed by atoms with Gasteiger partial charge >= 0.3 is 0 Å². The Labute approximate surface area is 146 Å². The van der Waals surface area contributed by atoms with Gasteiger partial charge in [0.15, 0.2) is 5.89 Å². The number of aliphatic hydroxyl groups excluding tert-OH is 1. The lowest BCUT2D eigenvalue weighted by Crippen LogP contribution is -2.39. The highest BCUT2D eigenvalue weighted by Crippen LogP contribution is 2.29. The van der Waals surface area contributed by atoms with Crippen LogP contribution in [0.4, 0.5) is 0 Å². The number of amides is 1. The molecule has 3 N–H and O–H groups in total. The second kappa shape index (κ2) is 6.61. The first-order valence-corrected chi connectivity index (χ1v) is 8.84. The van der Waals surface area contributed by atoms with Gasteiger partial charge in [0.2, 0.25) is 5.91 Å². The molecule has 1 aliphatic carbocycles. The fourth-order valence-electron chi connectivity index (χ4n) is 3.79. The highest BCUT2D eigenvalue weighted by molar-refractivity contribution is 5.79. The van der Waals surface area contributed by atoms with Crippen molar-refractivity contribution in [1.29, 1.82) is 0 Å². The summed E-state index contributed by atoms with van der Waals surface area (Å²) in [5.41, 5.74) is 7.85. The lowest BCUT2D eigenvalue weighted by atomic mass is 10.0. The Morgan fingerprint density at radius 1 is 1.32 bits per heavy atom. The zero-order chi connectivity index (χ0) is 17.4. The minimum atomic E-state index is -0.571. The van der Waals surface area contributed by atoms with Crippen LogP contribution >= 0.6 is 0 Å². The van der Waals surface area contributed by atoms with Crippen LogP contribution in [0, 0.1) is 5.92 Å². The Bertz CT molecular complexity index is 749. The Morgan fingerprint density at radius 3 is 2.84 bits per heavy atom. The van der Waals surface area contributed by atoms with Gasteiger partial charge in [0.05, 0.1) is 12.6 Å². The monoisotopic (exact) mass is 341 g/mol. The molecule has 2 heterocycles. The van der Waals surface area contributed by atoms with Crippen LogP contribution in [-0.4, -0.2) is 39.6 Å². The third kappa shape index (κ3) is 3.32. The summed E-state index contributed by atoms with van der Waals surface area (Å²) in [4.78, 5) is 19.1. The molecule has 1 aromatic carbocycles. The van der Waals surface area contributed by atoms with Crippen molar-refractivity contribution < 1.29 is 14.3 Å². The van der Waals surface area contributed by atoms with E-state index < -0.39 is 6.10 Å². The van der Waals surface area contributed by atoms with E-state index in [4.69, 9.17) is 10.2 Å². The number of aromatic nitrogens is 1. The van der Waals surface area contributed by atoms with E-state index in [1.165, 1.54) is 0 Å². The molecule has 2 aliphatic rings. The molecule has 0 spiro atoms. The predicted octanol–water partition coefficient (Wildman–Crippen LogP) is 1.25. The molecule has 1 saturated carbocycles. The summed E-state index contributed by atoms with van der Waals surface area (Å²) >= 11 is 0. The fraction of sp³-hybridized carbons (Fsp3) is 0.474. The fourth-order valence-corrected chi connectivity index (χ4v) is 3.79. The average molecular weight is 341 g/mol. The van der Waals surface area contributed by atoms with Gasteiger partial charge in [0.1, 0.15) is 11.5 Å². The van der Waals surface area contributed by atoms with Gasteiger partial charge in [-0.3, -0.25) is 4.79 Å². The molecule has 0 bridgehead atoms. The summed E-state index contributed by atoms with van der Waals surface area (Å²) in [7, 11) is 0. The van der Waals surface area contributed by atoms with Crippen LogP contribution in [0.25, 0.3) is 0 Å². The molecule has 1 amide bonds. The minimum Gasteiger partial charge on any atom is -0.445 e. The second-order valence-electron chi connectivity index (χ2n) is 7.05. The van der Waals surface area contributed by atoms with Gasteiger partial charge in [-0.1, -0.05) is 30.3 Å². The number of carbonyl (C=O) groups excluding carboxylic acids is 1. The van der Waals surface area contributed by atoms with Crippen molar-refractivity contribution in [2.24, 2.45) is 11.7 Å². The first-order valence-electron chi connectivity index (χ1n) is 8.84. The molecule has 25 heavy (non-hydrogen) atoms. The molecule has 4 rings (SSSR count). The minimum absolute atomic E-state index is 0.0743. The maximum atomic E-state index is 12.7. The van der Waals surface area contributed by atoms with E-state index in [-0.39, 0.29) is 17.9 Å². The van der Waals surface area contributed by atoms with Crippen LogP contribution in [0.15, 0.2) is 34.7 Å². The van der Waals surface area contributed by atoms with Crippen molar-refractivity contribution in [1.82, 2.24) is 9.88 Å². The maximum absolute atomic E-state index is 12.7. The second-order valence-corrected chi connectivity index (χ2v) is 7.05. The predicted molar refractivity (Wildman–Crippen MR) is 91.6 cm³/mol. The molecule has 2 aromatic rings. The molecule has 1 fully saturated rings. The standard InChI is InChI=1S/C19H23N3O3/c20-14-9-13(10-16(14)23)19(24)22-7-6-17-15(11-22)21-18(25-17)8-12-4-2-1-3-5-12/h1-5,13-14,16,23H,6-11,20H2/t13-,14-,16-/m0/s1. The number of rotatable bonds is 3. The van der Waals surface area contributed by atoms with Crippen molar-refractivity contribution in [3.05, 3.63) is 53.2 Å². The van der Waals surface area contributed by atoms with Crippen molar-refractivity contribution in [2.75, 3.05) is 6.54 Å². The van der Waals surface area contributed by atoms with Crippen LogP contribution in [0.1, 0.15) is 35.7 Å². The highest BCUT2D eigenvalue weighted by atomic mass is 16.4. The molecule has 3 atom stereocenters. The number of fused-ring (bicyclic) bond motifs is 1. The quantitative estimate of drug-likeness (QED) is 0.876. The van der Waals surface area contributed by atoms with Gasteiger partial charge in [-0.05, 0) is 18.4 Å². The first kappa shape index (κ1) is 16.3. The van der Waals surface area contributed by atoms with E-state index in [0.29, 0.717) is 44.7 Å². The zero-order valence-electron chi connectivity index (χ0n) is 14.1. The molecule has 6 nitrogen and oxygen atoms in total. The number of carbonyl (C=O) groups is 1. The molecule has 0 saturated heterocycles. The molecule has 0 unspecified atom stereocenters. The molecule has 1 aromatic heterocycles. The summed E-state index contributed by atoms with van der Waals surface area (Å²) in [5.74, 6) is 1.48.